The largest absolute Gasteiger partial charge is 0.407 e. The lowest BCUT2D eigenvalue weighted by Gasteiger charge is -2.27. The number of hydrogen-bond acceptors (Lipinski definition) is 5. The van der Waals surface area contributed by atoms with Gasteiger partial charge in [0.05, 0.1) is 0 Å². The summed E-state index contributed by atoms with van der Waals surface area (Å²) in [6.07, 6.45) is 15.2. The fourth-order valence-electron chi connectivity index (χ4n) is 2.01. The van der Waals surface area contributed by atoms with Gasteiger partial charge in [-0.1, -0.05) is 65.0 Å². The second-order valence-electron chi connectivity index (χ2n) is 6.16. The first-order chi connectivity index (χ1) is 14.7. The maximum Gasteiger partial charge on any atom is 0.396 e. The van der Waals surface area contributed by atoms with E-state index in [0.29, 0.717) is 0 Å². The molecule has 0 unspecified atom stereocenters. The Morgan fingerprint density at radius 2 is 0.533 bits per heavy atom. The zero-order valence-corrected chi connectivity index (χ0v) is 23.9. The molecule has 0 bridgehead atoms. The van der Waals surface area contributed by atoms with Crippen molar-refractivity contribution in [2.24, 2.45) is 0 Å². The van der Waals surface area contributed by atoms with E-state index < -0.39 is 46.4 Å². The van der Waals surface area contributed by atoms with Gasteiger partial charge in [-0.05, 0) is 60.6 Å². The maximum absolute atomic E-state index is 6.37. The van der Waals surface area contributed by atoms with Gasteiger partial charge in [-0.15, -0.1) is 0 Å². The summed E-state index contributed by atoms with van der Waals surface area (Å²) in [4.78, 5) is 0. The maximum atomic E-state index is 6.37. The Kier molecular flexibility index (Phi) is 16.7. The molecule has 0 aromatic rings. The minimum absolute atomic E-state index is 0.939. The lowest BCUT2D eigenvalue weighted by atomic mass is 10.5. The molecule has 1 fully saturated rings. The molecule has 165 valence electrons. The molecule has 1 saturated heterocycles. The van der Waals surface area contributed by atoms with Crippen LogP contribution in [0.5, 0.6) is 0 Å². The Morgan fingerprint density at radius 1 is 0.367 bits per heavy atom. The molecule has 1 aliphatic heterocycles. The molecule has 0 amide bonds. The van der Waals surface area contributed by atoms with Gasteiger partial charge in [0.2, 0.25) is 0 Å². The van der Waals surface area contributed by atoms with Crippen molar-refractivity contribution < 1.29 is 20.6 Å². The van der Waals surface area contributed by atoms with Gasteiger partial charge in [0.1, 0.15) is 0 Å². The summed E-state index contributed by atoms with van der Waals surface area (Å²) in [6.45, 7) is 10.6. The van der Waals surface area contributed by atoms with Crippen molar-refractivity contribution in [3.63, 3.8) is 0 Å². The van der Waals surface area contributed by atoms with Crippen molar-refractivity contribution in [2.45, 2.75) is 66.7 Å². The van der Waals surface area contributed by atoms with Gasteiger partial charge in [-0.3, -0.25) is 0 Å². The summed E-state index contributed by atoms with van der Waals surface area (Å²) in [6, 6.07) is 0. The Labute approximate surface area is 192 Å². The predicted molar refractivity (Wildman–Crippen MR) is 131 cm³/mol. The van der Waals surface area contributed by atoms with Gasteiger partial charge in [0.15, 0.2) is 0 Å². The van der Waals surface area contributed by atoms with Crippen molar-refractivity contribution in [1.82, 2.24) is 0 Å². The van der Waals surface area contributed by atoms with Crippen LogP contribution in [0.4, 0.5) is 0 Å². The van der Waals surface area contributed by atoms with E-state index in [2.05, 4.69) is 93.5 Å². The van der Waals surface area contributed by atoms with Gasteiger partial charge in [-0.25, -0.2) is 0 Å². The highest BCUT2D eigenvalue weighted by Gasteiger charge is 2.34. The number of allylic oxidation sites excluding steroid dienone is 5. The average molecular weight is 496 g/mol. The zero-order valence-electron chi connectivity index (χ0n) is 18.9. The van der Waals surface area contributed by atoms with E-state index in [4.69, 9.17) is 20.6 Å². The van der Waals surface area contributed by atoms with E-state index in [0.717, 1.165) is 32.1 Å². The second-order valence-corrected chi connectivity index (χ2v) is 15.1. The summed E-state index contributed by atoms with van der Waals surface area (Å²) in [5.74, 6) is 0. The van der Waals surface area contributed by atoms with Crippen molar-refractivity contribution >= 4 is 46.4 Å². The van der Waals surface area contributed by atoms with Crippen molar-refractivity contribution in [2.75, 3.05) is 0 Å². The third kappa shape index (κ3) is 12.4. The SMILES string of the molecule is CCC=C[Si]1O[Si](C=CCC)O[Si](C=CCC)O[Si](C=CCC)O[Si](C=CCC)O1. The van der Waals surface area contributed by atoms with Gasteiger partial charge in [0, 0.05) is 0 Å². The number of hydrogen-bond donors (Lipinski definition) is 0. The molecule has 0 spiro atoms. The molecule has 0 atom stereocenters. The first kappa shape index (κ1) is 27.6. The van der Waals surface area contributed by atoms with E-state index >= 15 is 0 Å². The van der Waals surface area contributed by atoms with Crippen LogP contribution in [0.25, 0.3) is 0 Å². The monoisotopic (exact) mass is 495 g/mol. The summed E-state index contributed by atoms with van der Waals surface area (Å²) >= 11 is 0. The smallest absolute Gasteiger partial charge is 0.396 e. The van der Waals surface area contributed by atoms with Crippen LogP contribution in [0.2, 0.25) is 0 Å². The quantitative estimate of drug-likeness (QED) is 0.397. The molecule has 0 aliphatic carbocycles. The Morgan fingerprint density at radius 3 is 0.667 bits per heavy atom. The fraction of sp³-hybridized carbons (Fsp3) is 0.500. The highest BCUT2D eigenvalue weighted by molar-refractivity contribution is 6.79. The molecule has 10 heteroatoms. The predicted octanol–water partition coefficient (Wildman–Crippen LogP) is 5.05. The first-order valence-corrected chi connectivity index (χ1v) is 17.7. The van der Waals surface area contributed by atoms with Crippen LogP contribution in [0.3, 0.4) is 0 Å². The third-order valence-corrected chi connectivity index (χ3v) is 14.0. The molecule has 5 radical (unpaired) electrons. The van der Waals surface area contributed by atoms with Crippen LogP contribution >= 0.6 is 0 Å². The van der Waals surface area contributed by atoms with Gasteiger partial charge < -0.3 is 20.6 Å². The molecule has 30 heavy (non-hydrogen) atoms. The molecule has 0 saturated carbocycles. The molecule has 0 aromatic heterocycles. The average Bonchev–Trinajstić information content (AvgIpc) is 2.75. The molecule has 0 N–H and O–H groups in total. The summed E-state index contributed by atoms with van der Waals surface area (Å²) < 4.78 is 31.9. The molecule has 5 nitrogen and oxygen atoms in total. The lowest BCUT2D eigenvalue weighted by molar-refractivity contribution is 0.306. The first-order valence-electron chi connectivity index (χ1n) is 10.7. The Bertz CT molecular complexity index is 456. The van der Waals surface area contributed by atoms with Crippen LogP contribution in [0.15, 0.2) is 58.9 Å². The van der Waals surface area contributed by atoms with E-state index in [-0.39, 0.29) is 0 Å². The Balaban J connectivity index is 3.25. The highest BCUT2D eigenvalue weighted by atomic mass is 28.5. The van der Waals surface area contributed by atoms with E-state index in [9.17, 15) is 0 Å². The molecule has 1 aliphatic rings. The fourth-order valence-corrected chi connectivity index (χ4v) is 13.5. The lowest BCUT2D eigenvalue weighted by Crippen LogP contribution is -2.47. The normalized spacial score (nSPS) is 20.8. The van der Waals surface area contributed by atoms with Crippen LogP contribution in [0, 0.1) is 0 Å². The summed E-state index contributed by atoms with van der Waals surface area (Å²) in [5, 5.41) is 0. The van der Waals surface area contributed by atoms with Crippen LogP contribution in [0.1, 0.15) is 66.7 Å². The standard InChI is InChI=1S/C20H35O5Si5/c1-6-11-16-26-21-27(17-12-7-2)23-29(19-14-9-4)25-30(20-15-10-5)24-28(22-26)18-13-8-3/h11-20H,6-10H2,1-5H3. The Hall–Kier alpha value is -0.416. The zero-order chi connectivity index (χ0) is 22.0. The van der Waals surface area contributed by atoms with E-state index in [1.54, 1.807) is 0 Å². The molecular weight excluding hydrogens is 461 g/mol. The topological polar surface area (TPSA) is 46.2 Å². The van der Waals surface area contributed by atoms with Crippen LogP contribution < -0.4 is 0 Å². The van der Waals surface area contributed by atoms with Crippen molar-refractivity contribution in [3.05, 3.63) is 58.9 Å². The second kappa shape index (κ2) is 18.2. The van der Waals surface area contributed by atoms with Crippen molar-refractivity contribution in [1.29, 1.82) is 0 Å². The van der Waals surface area contributed by atoms with Gasteiger partial charge >= 0.3 is 46.4 Å². The molecule has 0 aromatic carbocycles. The third-order valence-electron chi connectivity index (χ3n) is 3.45. The van der Waals surface area contributed by atoms with Gasteiger partial charge in [-0.2, -0.15) is 0 Å². The van der Waals surface area contributed by atoms with Gasteiger partial charge in [0.25, 0.3) is 0 Å². The minimum atomic E-state index is -1.66. The molecule has 1 rings (SSSR count). The highest BCUT2D eigenvalue weighted by Crippen LogP contribution is 2.12. The van der Waals surface area contributed by atoms with E-state index in [1.165, 1.54) is 0 Å². The van der Waals surface area contributed by atoms with E-state index in [1.807, 2.05) is 0 Å². The summed E-state index contributed by atoms with van der Waals surface area (Å²) in [7, 11) is -8.32. The van der Waals surface area contributed by atoms with Crippen molar-refractivity contribution in [3.8, 4) is 0 Å². The number of rotatable bonds is 10. The van der Waals surface area contributed by atoms with Crippen LogP contribution in [-0.2, 0) is 20.6 Å². The summed E-state index contributed by atoms with van der Waals surface area (Å²) in [5.41, 5.74) is 10.3. The molecular formula is C20H35O5Si5. The molecule has 1 heterocycles. The minimum Gasteiger partial charge on any atom is -0.407 e. The van der Waals surface area contributed by atoms with Crippen LogP contribution in [-0.4, -0.2) is 46.4 Å².